The maximum atomic E-state index is 13.6. The molecule has 1 aliphatic rings. The van der Waals surface area contributed by atoms with Gasteiger partial charge in [0.25, 0.3) is 0 Å². The summed E-state index contributed by atoms with van der Waals surface area (Å²) < 4.78 is 26.5. The van der Waals surface area contributed by atoms with Crippen molar-refractivity contribution >= 4 is 5.91 Å². The first kappa shape index (κ1) is 15.9. The van der Waals surface area contributed by atoms with E-state index in [-0.39, 0.29) is 30.0 Å². The van der Waals surface area contributed by atoms with E-state index in [1.807, 2.05) is 6.92 Å². The molecule has 2 N–H and O–H groups in total. The second-order valence-corrected chi connectivity index (χ2v) is 5.66. The van der Waals surface area contributed by atoms with Gasteiger partial charge in [-0.3, -0.25) is 4.79 Å². The molecule has 0 spiro atoms. The topological polar surface area (TPSA) is 46.3 Å². The van der Waals surface area contributed by atoms with E-state index in [0.29, 0.717) is 6.54 Å². The van der Waals surface area contributed by atoms with Gasteiger partial charge in [0.05, 0.1) is 6.42 Å². The lowest BCUT2D eigenvalue weighted by Gasteiger charge is -2.35. The zero-order chi connectivity index (χ0) is 15.4. The highest BCUT2D eigenvalue weighted by atomic mass is 19.1. The number of amides is 1. The summed E-state index contributed by atoms with van der Waals surface area (Å²) in [4.78, 5) is 14.2. The molecule has 2 rings (SSSR count). The average molecular weight is 296 g/mol. The fraction of sp³-hybridized carbons (Fsp3) is 0.562. The van der Waals surface area contributed by atoms with Gasteiger partial charge in [0.1, 0.15) is 11.6 Å². The minimum Gasteiger partial charge on any atom is -0.340 e. The van der Waals surface area contributed by atoms with Gasteiger partial charge in [0.15, 0.2) is 0 Å². The Balaban J connectivity index is 2.03. The van der Waals surface area contributed by atoms with Gasteiger partial charge >= 0.3 is 0 Å². The van der Waals surface area contributed by atoms with E-state index in [1.54, 1.807) is 4.90 Å². The van der Waals surface area contributed by atoms with E-state index >= 15 is 0 Å². The van der Waals surface area contributed by atoms with Crippen LogP contribution in [0, 0.1) is 11.6 Å². The molecule has 116 valence electrons. The van der Waals surface area contributed by atoms with Crippen molar-refractivity contribution in [2.24, 2.45) is 5.73 Å². The number of nitrogens with zero attached hydrogens (tertiary/aromatic N) is 1. The molecule has 0 saturated heterocycles. The summed E-state index contributed by atoms with van der Waals surface area (Å²) in [6.07, 6.45) is 3.60. The van der Waals surface area contributed by atoms with Crippen LogP contribution in [0.1, 0.15) is 38.2 Å². The molecular weight excluding hydrogens is 274 g/mol. The average Bonchev–Trinajstić information content (AvgIpc) is 2.45. The molecule has 1 aromatic rings. The normalized spacial score (nSPS) is 22.1. The van der Waals surface area contributed by atoms with Crippen molar-refractivity contribution in [3.8, 4) is 0 Å². The maximum absolute atomic E-state index is 13.6. The van der Waals surface area contributed by atoms with Crippen molar-refractivity contribution in [2.75, 3.05) is 6.54 Å². The lowest BCUT2D eigenvalue weighted by Crippen LogP contribution is -2.44. The van der Waals surface area contributed by atoms with Crippen LogP contribution in [-0.2, 0) is 11.2 Å². The fourth-order valence-corrected chi connectivity index (χ4v) is 2.98. The second kappa shape index (κ2) is 6.98. The summed E-state index contributed by atoms with van der Waals surface area (Å²) in [6, 6.07) is 3.75. The Bertz CT molecular complexity index is 499. The van der Waals surface area contributed by atoms with Crippen molar-refractivity contribution in [2.45, 2.75) is 51.1 Å². The predicted octanol–water partition coefficient (Wildman–Crippen LogP) is 2.63. The number of hydrogen-bond donors (Lipinski definition) is 1. The van der Waals surface area contributed by atoms with Crippen LogP contribution >= 0.6 is 0 Å². The molecule has 0 bridgehead atoms. The van der Waals surface area contributed by atoms with Crippen molar-refractivity contribution in [1.29, 1.82) is 0 Å². The van der Waals surface area contributed by atoms with Crippen molar-refractivity contribution < 1.29 is 13.6 Å². The van der Waals surface area contributed by atoms with Gasteiger partial charge < -0.3 is 10.6 Å². The zero-order valence-electron chi connectivity index (χ0n) is 12.3. The van der Waals surface area contributed by atoms with Crippen LogP contribution in [0.2, 0.25) is 0 Å². The molecular formula is C16H22F2N2O. The number of likely N-dealkylation sites (N-methyl/N-ethyl adjacent to an activating group) is 1. The number of hydrogen-bond acceptors (Lipinski definition) is 2. The Morgan fingerprint density at radius 3 is 2.52 bits per heavy atom. The third-order valence-electron chi connectivity index (χ3n) is 4.20. The predicted molar refractivity (Wildman–Crippen MR) is 77.7 cm³/mol. The lowest BCUT2D eigenvalue weighted by molar-refractivity contribution is -0.133. The summed E-state index contributed by atoms with van der Waals surface area (Å²) >= 11 is 0. The van der Waals surface area contributed by atoms with Crippen LogP contribution in [0.4, 0.5) is 8.78 Å². The van der Waals surface area contributed by atoms with E-state index in [1.165, 1.54) is 12.1 Å². The summed E-state index contributed by atoms with van der Waals surface area (Å²) in [5, 5.41) is 0. The molecule has 0 unspecified atom stereocenters. The van der Waals surface area contributed by atoms with Gasteiger partial charge in [0.2, 0.25) is 5.91 Å². The molecule has 1 aliphatic carbocycles. The van der Waals surface area contributed by atoms with Crippen LogP contribution in [0.5, 0.6) is 0 Å². The smallest absolute Gasteiger partial charge is 0.227 e. The summed E-state index contributed by atoms with van der Waals surface area (Å²) in [5.74, 6) is -1.40. The molecule has 1 fully saturated rings. The van der Waals surface area contributed by atoms with Crippen LogP contribution < -0.4 is 5.73 Å². The Labute approximate surface area is 124 Å². The molecule has 1 amide bonds. The van der Waals surface area contributed by atoms with Gasteiger partial charge in [0, 0.05) is 24.7 Å². The third kappa shape index (κ3) is 4.00. The molecule has 1 aromatic carbocycles. The standard InChI is InChI=1S/C16H22F2N2O/c1-2-20(14-7-5-13(19)6-8-14)16(21)9-11-3-4-12(17)10-15(11)18/h3-4,10,13-14H,2,5-9,19H2,1H3. The third-order valence-corrected chi connectivity index (χ3v) is 4.20. The largest absolute Gasteiger partial charge is 0.340 e. The molecule has 5 heteroatoms. The number of carbonyl (C=O) groups is 1. The Morgan fingerprint density at radius 2 is 1.95 bits per heavy atom. The highest BCUT2D eigenvalue weighted by molar-refractivity contribution is 5.79. The van der Waals surface area contributed by atoms with E-state index in [4.69, 9.17) is 5.73 Å². The first-order chi connectivity index (χ1) is 10.0. The number of halogens is 2. The number of benzene rings is 1. The van der Waals surface area contributed by atoms with Crippen molar-refractivity contribution in [3.05, 3.63) is 35.4 Å². The van der Waals surface area contributed by atoms with Gasteiger partial charge in [-0.2, -0.15) is 0 Å². The minimum atomic E-state index is -0.662. The van der Waals surface area contributed by atoms with Gasteiger partial charge in [-0.15, -0.1) is 0 Å². The minimum absolute atomic E-state index is 0.0253. The molecule has 0 radical (unpaired) electrons. The molecule has 1 saturated carbocycles. The Hall–Kier alpha value is -1.49. The molecule has 0 aromatic heterocycles. The zero-order valence-corrected chi connectivity index (χ0v) is 12.3. The van der Waals surface area contributed by atoms with E-state index in [2.05, 4.69) is 0 Å². The Kier molecular flexibility index (Phi) is 5.28. The molecule has 0 heterocycles. The van der Waals surface area contributed by atoms with Crippen LogP contribution in [0.25, 0.3) is 0 Å². The molecule has 0 atom stereocenters. The highest BCUT2D eigenvalue weighted by Gasteiger charge is 2.27. The van der Waals surface area contributed by atoms with Gasteiger partial charge in [-0.05, 0) is 44.2 Å². The number of rotatable bonds is 4. The number of nitrogens with two attached hydrogens (primary N) is 1. The molecule has 3 nitrogen and oxygen atoms in total. The van der Waals surface area contributed by atoms with Gasteiger partial charge in [-0.1, -0.05) is 6.07 Å². The van der Waals surface area contributed by atoms with Crippen LogP contribution in [0.15, 0.2) is 18.2 Å². The maximum Gasteiger partial charge on any atom is 0.227 e. The van der Waals surface area contributed by atoms with Crippen LogP contribution in [-0.4, -0.2) is 29.4 Å². The quantitative estimate of drug-likeness (QED) is 0.928. The second-order valence-electron chi connectivity index (χ2n) is 5.66. The first-order valence-corrected chi connectivity index (χ1v) is 7.50. The SMILES string of the molecule is CCN(C(=O)Cc1ccc(F)cc1F)C1CCC(N)CC1. The highest BCUT2D eigenvalue weighted by Crippen LogP contribution is 2.23. The summed E-state index contributed by atoms with van der Waals surface area (Å²) in [5.41, 5.74) is 6.13. The van der Waals surface area contributed by atoms with Crippen LogP contribution in [0.3, 0.4) is 0 Å². The first-order valence-electron chi connectivity index (χ1n) is 7.50. The monoisotopic (exact) mass is 296 g/mol. The van der Waals surface area contributed by atoms with Crippen molar-refractivity contribution in [3.63, 3.8) is 0 Å². The molecule has 21 heavy (non-hydrogen) atoms. The summed E-state index contributed by atoms with van der Waals surface area (Å²) in [6.45, 7) is 2.52. The van der Waals surface area contributed by atoms with Crippen molar-refractivity contribution in [1.82, 2.24) is 4.90 Å². The summed E-state index contributed by atoms with van der Waals surface area (Å²) in [7, 11) is 0. The van der Waals surface area contributed by atoms with Gasteiger partial charge in [-0.25, -0.2) is 8.78 Å². The fourth-order valence-electron chi connectivity index (χ4n) is 2.98. The number of carbonyl (C=O) groups excluding carboxylic acids is 1. The van der Waals surface area contributed by atoms with E-state index in [0.717, 1.165) is 31.7 Å². The van der Waals surface area contributed by atoms with E-state index in [9.17, 15) is 13.6 Å². The Morgan fingerprint density at radius 1 is 1.29 bits per heavy atom. The van der Waals surface area contributed by atoms with E-state index < -0.39 is 11.6 Å². The lowest BCUT2D eigenvalue weighted by atomic mass is 9.90. The molecule has 0 aliphatic heterocycles.